The number of hydrogen-bond donors (Lipinski definition) is 0. The van der Waals surface area contributed by atoms with Crippen LogP contribution in [0.2, 0.25) is 0 Å². The molecule has 1 aromatic rings. The highest BCUT2D eigenvalue weighted by Crippen LogP contribution is 2.32. The van der Waals surface area contributed by atoms with Gasteiger partial charge in [0.2, 0.25) is 0 Å². The molecular weight excluding hydrogens is 312 g/mol. The van der Waals surface area contributed by atoms with Crippen molar-refractivity contribution in [2.75, 3.05) is 32.1 Å². The van der Waals surface area contributed by atoms with E-state index in [0.29, 0.717) is 6.54 Å². The van der Waals surface area contributed by atoms with Crippen molar-refractivity contribution >= 4 is 32.3 Å². The molecule has 1 heterocycles. The molecule has 1 aliphatic heterocycles. The molecule has 0 radical (unpaired) electrons. The molecule has 0 aromatic heterocycles. The number of fused-ring (bicyclic) bond motifs is 1. The largest absolute Gasteiger partial charge is 0.482 e. The molecule has 102 valence electrons. The molecule has 0 saturated heterocycles. The molecule has 0 spiro atoms. The second kappa shape index (κ2) is 5.61. The lowest BCUT2D eigenvalue weighted by molar-refractivity contribution is -0.120. The lowest BCUT2D eigenvalue weighted by atomic mass is 10.1. The standard InChI is InChI=1S/C13H15BrN2O3/c1-15(13(14)18)6-5-9-3-4-11-10(7-9)16(2)12(17)8-19-11/h3-4,7H,5-6,8H2,1-2H3. The Balaban J connectivity index is 2.12. The lowest BCUT2D eigenvalue weighted by Gasteiger charge is -2.26. The molecule has 0 fully saturated rings. The minimum Gasteiger partial charge on any atom is -0.482 e. The van der Waals surface area contributed by atoms with E-state index in [2.05, 4.69) is 15.9 Å². The Morgan fingerprint density at radius 1 is 1.53 bits per heavy atom. The van der Waals surface area contributed by atoms with E-state index in [1.807, 2.05) is 18.2 Å². The van der Waals surface area contributed by atoms with Crippen LogP contribution in [0, 0.1) is 0 Å². The number of ether oxygens (including phenoxy) is 1. The van der Waals surface area contributed by atoms with E-state index in [1.165, 1.54) is 0 Å². The Morgan fingerprint density at radius 3 is 2.95 bits per heavy atom. The maximum atomic E-state index is 11.6. The van der Waals surface area contributed by atoms with Crippen molar-refractivity contribution < 1.29 is 14.3 Å². The van der Waals surface area contributed by atoms with Gasteiger partial charge in [0.1, 0.15) is 5.75 Å². The first-order chi connectivity index (χ1) is 8.99. The van der Waals surface area contributed by atoms with Gasteiger partial charge in [-0.2, -0.15) is 0 Å². The van der Waals surface area contributed by atoms with E-state index < -0.39 is 0 Å². The van der Waals surface area contributed by atoms with E-state index in [9.17, 15) is 9.59 Å². The number of amides is 2. The summed E-state index contributed by atoms with van der Waals surface area (Å²) in [6.07, 6.45) is 0.725. The summed E-state index contributed by atoms with van der Waals surface area (Å²) in [5, 5.41) is 0. The summed E-state index contributed by atoms with van der Waals surface area (Å²) in [4.78, 5) is 25.7. The highest BCUT2D eigenvalue weighted by Gasteiger charge is 2.22. The number of rotatable bonds is 3. The maximum Gasteiger partial charge on any atom is 0.289 e. The van der Waals surface area contributed by atoms with E-state index in [-0.39, 0.29) is 17.3 Å². The van der Waals surface area contributed by atoms with Crippen molar-refractivity contribution in [2.45, 2.75) is 6.42 Å². The fourth-order valence-electron chi connectivity index (χ4n) is 1.86. The molecule has 0 N–H and O–H groups in total. The van der Waals surface area contributed by atoms with Gasteiger partial charge in [-0.1, -0.05) is 6.07 Å². The molecular formula is C13H15BrN2O3. The van der Waals surface area contributed by atoms with Gasteiger partial charge in [-0.3, -0.25) is 9.59 Å². The van der Waals surface area contributed by atoms with Crippen LogP contribution in [0.5, 0.6) is 5.75 Å². The van der Waals surface area contributed by atoms with Gasteiger partial charge in [0.15, 0.2) is 6.61 Å². The number of carbonyl (C=O) groups excluding carboxylic acids is 2. The molecule has 6 heteroatoms. The van der Waals surface area contributed by atoms with E-state index >= 15 is 0 Å². The average molecular weight is 327 g/mol. The van der Waals surface area contributed by atoms with E-state index in [0.717, 1.165) is 23.4 Å². The van der Waals surface area contributed by atoms with Gasteiger partial charge in [0.05, 0.1) is 5.69 Å². The number of anilines is 1. The molecule has 5 nitrogen and oxygen atoms in total. The highest BCUT2D eigenvalue weighted by atomic mass is 79.9. The predicted octanol–water partition coefficient (Wildman–Crippen LogP) is 2.03. The Labute approximate surface area is 120 Å². The molecule has 1 aromatic carbocycles. The molecule has 2 amide bonds. The summed E-state index contributed by atoms with van der Waals surface area (Å²) in [7, 11) is 3.47. The van der Waals surface area contributed by atoms with Crippen LogP contribution in [-0.4, -0.2) is 42.9 Å². The summed E-state index contributed by atoms with van der Waals surface area (Å²) < 4.78 is 5.36. The second-order valence-electron chi connectivity index (χ2n) is 4.47. The monoisotopic (exact) mass is 326 g/mol. The van der Waals surface area contributed by atoms with Gasteiger partial charge < -0.3 is 14.5 Å². The van der Waals surface area contributed by atoms with Crippen molar-refractivity contribution in [3.8, 4) is 5.75 Å². The minimum atomic E-state index is -0.138. The van der Waals surface area contributed by atoms with E-state index in [4.69, 9.17) is 4.74 Å². The number of likely N-dealkylation sites (N-methyl/N-ethyl adjacent to an activating group) is 2. The highest BCUT2D eigenvalue weighted by molar-refractivity contribution is 9.18. The normalized spacial score (nSPS) is 13.8. The topological polar surface area (TPSA) is 49.9 Å². The summed E-state index contributed by atoms with van der Waals surface area (Å²) in [5.74, 6) is 0.660. The molecule has 1 aliphatic rings. The zero-order valence-electron chi connectivity index (χ0n) is 10.9. The van der Waals surface area contributed by atoms with Crippen LogP contribution < -0.4 is 9.64 Å². The molecule has 2 rings (SSSR count). The second-order valence-corrected chi connectivity index (χ2v) is 5.15. The van der Waals surface area contributed by atoms with Gasteiger partial charge in [-0.25, -0.2) is 0 Å². The molecule has 0 saturated carbocycles. The number of nitrogens with zero attached hydrogens (tertiary/aromatic N) is 2. The summed E-state index contributed by atoms with van der Waals surface area (Å²) in [6, 6.07) is 5.75. The van der Waals surface area contributed by atoms with Gasteiger partial charge in [0, 0.05) is 36.6 Å². The van der Waals surface area contributed by atoms with Gasteiger partial charge in [-0.15, -0.1) is 0 Å². The Bertz CT molecular complexity index is 519. The predicted molar refractivity (Wildman–Crippen MR) is 76.0 cm³/mol. The number of hydrogen-bond acceptors (Lipinski definition) is 3. The third kappa shape index (κ3) is 3.07. The first kappa shape index (κ1) is 13.9. The van der Waals surface area contributed by atoms with Gasteiger partial charge in [0.25, 0.3) is 10.7 Å². The third-order valence-electron chi connectivity index (χ3n) is 3.15. The first-order valence-electron chi connectivity index (χ1n) is 5.92. The van der Waals surface area contributed by atoms with Crippen molar-refractivity contribution in [1.82, 2.24) is 4.90 Å². The third-order valence-corrected chi connectivity index (χ3v) is 3.75. The van der Waals surface area contributed by atoms with Crippen molar-refractivity contribution in [3.05, 3.63) is 23.8 Å². The lowest BCUT2D eigenvalue weighted by Crippen LogP contribution is -2.35. The molecule has 0 bridgehead atoms. The number of carbonyl (C=O) groups is 2. The average Bonchev–Trinajstić information content (AvgIpc) is 2.40. The SMILES string of the molecule is CN(CCc1ccc2c(c1)N(C)C(=O)CO2)C(=O)Br. The van der Waals surface area contributed by atoms with Crippen LogP contribution in [0.3, 0.4) is 0 Å². The molecule has 0 atom stereocenters. The Morgan fingerprint density at radius 2 is 2.26 bits per heavy atom. The van der Waals surface area contributed by atoms with Crippen molar-refractivity contribution in [1.29, 1.82) is 0 Å². The van der Waals surface area contributed by atoms with Crippen molar-refractivity contribution in [3.63, 3.8) is 0 Å². The van der Waals surface area contributed by atoms with Crippen molar-refractivity contribution in [2.24, 2.45) is 0 Å². The van der Waals surface area contributed by atoms with Crippen LogP contribution in [0.4, 0.5) is 10.5 Å². The van der Waals surface area contributed by atoms with Crippen LogP contribution in [0.1, 0.15) is 5.56 Å². The maximum absolute atomic E-state index is 11.6. The smallest absolute Gasteiger partial charge is 0.289 e. The molecule has 0 aliphatic carbocycles. The van der Waals surface area contributed by atoms with E-state index in [1.54, 1.807) is 23.9 Å². The molecule has 0 unspecified atom stereocenters. The van der Waals surface area contributed by atoms with Crippen LogP contribution in [0.15, 0.2) is 18.2 Å². The number of halogens is 1. The number of benzene rings is 1. The van der Waals surface area contributed by atoms with Crippen LogP contribution in [0.25, 0.3) is 0 Å². The summed E-state index contributed by atoms with van der Waals surface area (Å²) in [6.45, 7) is 0.699. The fourth-order valence-corrected chi connectivity index (χ4v) is 2.04. The summed E-state index contributed by atoms with van der Waals surface area (Å²) >= 11 is 2.90. The fraction of sp³-hybridized carbons (Fsp3) is 0.385. The van der Waals surface area contributed by atoms with Gasteiger partial charge in [-0.05, 0) is 24.1 Å². The Hall–Kier alpha value is -1.56. The minimum absolute atomic E-state index is 0.0580. The Kier molecular flexibility index (Phi) is 4.09. The van der Waals surface area contributed by atoms with Crippen LogP contribution >= 0.6 is 15.9 Å². The first-order valence-corrected chi connectivity index (χ1v) is 6.71. The summed E-state index contributed by atoms with van der Waals surface area (Å²) in [5.41, 5.74) is 1.84. The zero-order chi connectivity index (χ0) is 14.0. The molecule has 19 heavy (non-hydrogen) atoms. The zero-order valence-corrected chi connectivity index (χ0v) is 12.4. The van der Waals surface area contributed by atoms with Gasteiger partial charge >= 0.3 is 0 Å². The van der Waals surface area contributed by atoms with Crippen LogP contribution in [-0.2, 0) is 11.2 Å². The quantitative estimate of drug-likeness (QED) is 0.630.